The highest BCUT2D eigenvalue weighted by Crippen LogP contribution is 2.28. The molecule has 1 aliphatic heterocycles. The number of aryl methyl sites for hydroxylation is 1. The molecule has 0 amide bonds. The molecule has 173 valence electrons. The number of unbranched alkanes of at least 4 members (excludes halogenated alkanes) is 4. The fraction of sp³-hybridized carbons (Fsp3) is 0.625. The summed E-state index contributed by atoms with van der Waals surface area (Å²) >= 11 is 3.30. The van der Waals surface area contributed by atoms with Crippen LogP contribution in [-0.4, -0.2) is 23.1 Å². The van der Waals surface area contributed by atoms with Crippen LogP contribution in [0.1, 0.15) is 85.1 Å². The third kappa shape index (κ3) is 10.2. The largest absolute Gasteiger partial charge is 0.441 e. The van der Waals surface area contributed by atoms with Crippen LogP contribution in [0.3, 0.4) is 0 Å². The molecular weight excluding hydrogens is 461 g/mol. The lowest BCUT2D eigenvalue weighted by molar-refractivity contribution is -0.0930. The Hall–Kier alpha value is -1.37. The maximum absolute atomic E-state index is 13.0. The van der Waals surface area contributed by atoms with Gasteiger partial charge in [-0.2, -0.15) is 13.9 Å². The van der Waals surface area contributed by atoms with Gasteiger partial charge in [0.05, 0.1) is 5.69 Å². The fourth-order valence-corrected chi connectivity index (χ4v) is 3.05. The average molecular weight is 498 g/mol. The second-order valence-electron chi connectivity index (χ2n) is 8.32. The molecule has 31 heavy (non-hydrogen) atoms. The van der Waals surface area contributed by atoms with Crippen molar-refractivity contribution in [1.29, 1.82) is 0 Å². The van der Waals surface area contributed by atoms with Gasteiger partial charge in [0.2, 0.25) is 0 Å². The van der Waals surface area contributed by atoms with Crippen LogP contribution in [0.4, 0.5) is 8.78 Å². The zero-order chi connectivity index (χ0) is 23.4. The molecule has 0 spiro atoms. The second kappa shape index (κ2) is 13.9. The lowest BCUT2D eigenvalue weighted by Gasteiger charge is -2.08. The quantitative estimate of drug-likeness (QED) is 0.290. The number of hydrogen-bond donors (Lipinski definition) is 0. The minimum atomic E-state index is -3.22. The van der Waals surface area contributed by atoms with E-state index < -0.39 is 6.01 Å². The zero-order valence-corrected chi connectivity index (χ0v) is 21.4. The van der Waals surface area contributed by atoms with Crippen LogP contribution in [0.15, 0.2) is 29.0 Å². The van der Waals surface area contributed by atoms with Gasteiger partial charge in [0.1, 0.15) is 10.4 Å². The summed E-state index contributed by atoms with van der Waals surface area (Å²) in [4.78, 5) is 0. The van der Waals surface area contributed by atoms with E-state index in [1.54, 1.807) is 22.9 Å². The fourth-order valence-electron chi connectivity index (χ4n) is 2.78. The molecule has 1 radical (unpaired) electrons. The first-order valence-electron chi connectivity index (χ1n) is 11.4. The van der Waals surface area contributed by atoms with Crippen LogP contribution in [-0.2, 0) is 0 Å². The van der Waals surface area contributed by atoms with Gasteiger partial charge in [-0.05, 0) is 40.3 Å². The van der Waals surface area contributed by atoms with E-state index in [0.717, 1.165) is 23.4 Å². The Morgan fingerprint density at radius 3 is 2.29 bits per heavy atom. The summed E-state index contributed by atoms with van der Waals surface area (Å²) in [5.74, 6) is 1.07. The van der Waals surface area contributed by atoms with Crippen LogP contribution in [0.5, 0.6) is 5.75 Å². The first kappa shape index (κ1) is 27.7. The van der Waals surface area contributed by atoms with Gasteiger partial charge in [0, 0.05) is 17.8 Å². The molecule has 3 rings (SSSR count). The molecule has 7 heteroatoms. The second-order valence-corrected chi connectivity index (χ2v) is 9.07. The van der Waals surface area contributed by atoms with Gasteiger partial charge in [-0.3, -0.25) is 0 Å². The van der Waals surface area contributed by atoms with Crippen molar-refractivity contribution >= 4 is 28.7 Å². The molecule has 0 bridgehead atoms. The number of aromatic nitrogens is 2. The van der Waals surface area contributed by atoms with Crippen molar-refractivity contribution in [2.75, 3.05) is 0 Å². The van der Waals surface area contributed by atoms with E-state index in [-0.39, 0.29) is 5.75 Å². The standard InChI is InChI=1S/C11H7BBrF2N2O.C9H20.C4H10/c1-6-5-17(16-10(6)13)7-2-3-8-9(4-7)18-11(14,15)12-8;1-4-5-6-7-8-9(2)3;1-3-4-2/h2-5H,1H3;9H,4-8H2,1-3H3;3-4H2,1-2H3. The number of hydrogen-bond acceptors (Lipinski definition) is 2. The Balaban J connectivity index is 0.000000312. The van der Waals surface area contributed by atoms with E-state index in [2.05, 4.69) is 60.4 Å². The number of ether oxygens (including phenoxy) is 1. The van der Waals surface area contributed by atoms with Crippen molar-refractivity contribution in [3.63, 3.8) is 0 Å². The number of halogens is 3. The topological polar surface area (TPSA) is 27.1 Å². The van der Waals surface area contributed by atoms with E-state index in [0.29, 0.717) is 11.2 Å². The molecule has 2 heterocycles. The van der Waals surface area contributed by atoms with Crippen LogP contribution in [0.2, 0.25) is 0 Å². The summed E-state index contributed by atoms with van der Waals surface area (Å²) in [5, 5.41) is 4.22. The molecule has 0 atom stereocenters. The van der Waals surface area contributed by atoms with Gasteiger partial charge in [-0.15, -0.1) is 0 Å². The summed E-state index contributed by atoms with van der Waals surface area (Å²) in [6.45, 7) is 13.1. The lowest BCUT2D eigenvalue weighted by Crippen LogP contribution is -2.30. The maximum atomic E-state index is 13.0. The van der Waals surface area contributed by atoms with Crippen molar-refractivity contribution in [3.05, 3.63) is 34.6 Å². The van der Waals surface area contributed by atoms with Crippen molar-refractivity contribution < 1.29 is 13.5 Å². The Labute approximate surface area is 196 Å². The molecule has 0 aliphatic carbocycles. The monoisotopic (exact) mass is 497 g/mol. The van der Waals surface area contributed by atoms with E-state index in [4.69, 9.17) is 0 Å². The summed E-state index contributed by atoms with van der Waals surface area (Å²) < 4.78 is 32.9. The van der Waals surface area contributed by atoms with Crippen molar-refractivity contribution in [2.24, 2.45) is 5.92 Å². The van der Waals surface area contributed by atoms with Crippen LogP contribution in [0, 0.1) is 12.8 Å². The van der Waals surface area contributed by atoms with Gasteiger partial charge in [-0.25, -0.2) is 4.68 Å². The molecule has 1 aliphatic rings. The summed E-state index contributed by atoms with van der Waals surface area (Å²) in [6, 6.07) is 1.64. The molecule has 1 aromatic heterocycles. The minimum Gasteiger partial charge on any atom is -0.441 e. The Morgan fingerprint density at radius 1 is 1.10 bits per heavy atom. The molecule has 0 unspecified atom stereocenters. The number of fused-ring (bicyclic) bond motifs is 1. The van der Waals surface area contributed by atoms with Crippen LogP contribution < -0.4 is 10.2 Å². The lowest BCUT2D eigenvalue weighted by atomic mass is 9.70. The van der Waals surface area contributed by atoms with E-state index in [1.807, 2.05) is 13.1 Å². The van der Waals surface area contributed by atoms with E-state index >= 15 is 0 Å². The highest BCUT2D eigenvalue weighted by atomic mass is 79.9. The van der Waals surface area contributed by atoms with Crippen molar-refractivity contribution in [3.8, 4) is 11.4 Å². The number of alkyl halides is 2. The summed E-state index contributed by atoms with van der Waals surface area (Å²) in [6.07, 6.45) is 11.5. The maximum Gasteiger partial charge on any atom is 0.350 e. The van der Waals surface area contributed by atoms with Crippen molar-refractivity contribution in [1.82, 2.24) is 9.78 Å². The first-order chi connectivity index (χ1) is 14.6. The molecule has 3 nitrogen and oxygen atoms in total. The van der Waals surface area contributed by atoms with Gasteiger partial charge < -0.3 is 4.74 Å². The molecular formula is C24H37BBrF2N2O. The minimum absolute atomic E-state index is 0.168. The van der Waals surface area contributed by atoms with Crippen molar-refractivity contribution in [2.45, 2.75) is 92.5 Å². The molecule has 0 saturated heterocycles. The molecule has 0 N–H and O–H groups in total. The van der Waals surface area contributed by atoms with Gasteiger partial charge in [0.15, 0.2) is 0 Å². The summed E-state index contributed by atoms with van der Waals surface area (Å²) in [7, 11) is 0.802. The van der Waals surface area contributed by atoms with E-state index in [1.165, 1.54) is 44.9 Å². The molecule has 0 saturated carbocycles. The SMILES string of the molecule is CCCC.CCCCCCC(C)C.Cc1cn(-c2ccc3c(c2)OC(F)(F)[B]3)nc1Br. The molecule has 2 aromatic rings. The molecule has 1 aromatic carbocycles. The van der Waals surface area contributed by atoms with Gasteiger partial charge in [-0.1, -0.05) is 85.6 Å². The normalized spacial score (nSPS) is 13.4. The Bertz CT molecular complexity index is 759. The van der Waals surface area contributed by atoms with Gasteiger partial charge in [0.25, 0.3) is 0 Å². The number of nitrogens with zero attached hydrogens (tertiary/aromatic N) is 2. The zero-order valence-electron chi connectivity index (χ0n) is 19.9. The van der Waals surface area contributed by atoms with Crippen LogP contribution in [0.25, 0.3) is 5.69 Å². The van der Waals surface area contributed by atoms with Crippen LogP contribution >= 0.6 is 15.9 Å². The highest BCUT2D eigenvalue weighted by Gasteiger charge is 2.41. The number of benzene rings is 1. The predicted octanol–water partition coefficient (Wildman–Crippen LogP) is 7.63. The van der Waals surface area contributed by atoms with Gasteiger partial charge >= 0.3 is 13.3 Å². The smallest absolute Gasteiger partial charge is 0.350 e. The summed E-state index contributed by atoms with van der Waals surface area (Å²) in [5.41, 5.74) is 2.04. The average Bonchev–Trinajstić information content (AvgIpc) is 3.22. The first-order valence-corrected chi connectivity index (χ1v) is 12.2. The Morgan fingerprint density at radius 2 is 1.77 bits per heavy atom. The highest BCUT2D eigenvalue weighted by molar-refractivity contribution is 9.10. The third-order valence-corrected chi connectivity index (χ3v) is 5.59. The van der Waals surface area contributed by atoms with E-state index in [9.17, 15) is 8.78 Å². The molecule has 0 fully saturated rings. The number of rotatable bonds is 7. The third-order valence-electron chi connectivity index (χ3n) is 4.80. The predicted molar refractivity (Wildman–Crippen MR) is 131 cm³/mol. The Kier molecular flexibility index (Phi) is 12.4.